The zero-order valence-electron chi connectivity index (χ0n) is 10.3. The van der Waals surface area contributed by atoms with Crippen LogP contribution in [0.3, 0.4) is 0 Å². The fourth-order valence-corrected chi connectivity index (χ4v) is 2.83. The molecule has 0 aromatic heterocycles. The minimum atomic E-state index is -0.601. The number of halogens is 3. The van der Waals surface area contributed by atoms with Crippen molar-refractivity contribution >= 4 is 29.2 Å². The number of benzene rings is 2. The van der Waals surface area contributed by atoms with Gasteiger partial charge < -0.3 is 5.73 Å². The molecular weight excluding hydrogens is 302 g/mol. The van der Waals surface area contributed by atoms with Crippen LogP contribution in [0.15, 0.2) is 41.3 Å². The summed E-state index contributed by atoms with van der Waals surface area (Å²) in [5.41, 5.74) is 6.70. The Morgan fingerprint density at radius 3 is 2.55 bits per heavy atom. The van der Waals surface area contributed by atoms with Crippen LogP contribution in [-0.2, 0) is 5.75 Å². The zero-order valence-corrected chi connectivity index (χ0v) is 11.9. The first-order chi connectivity index (χ1) is 9.47. The van der Waals surface area contributed by atoms with Gasteiger partial charge in [0.1, 0.15) is 17.5 Å². The molecule has 2 rings (SSSR count). The first-order valence-corrected chi connectivity index (χ1v) is 7.04. The molecule has 0 aliphatic rings. The van der Waals surface area contributed by atoms with Crippen LogP contribution in [0.25, 0.3) is 0 Å². The van der Waals surface area contributed by atoms with Crippen molar-refractivity contribution in [3.8, 4) is 0 Å². The van der Waals surface area contributed by atoms with E-state index in [1.807, 2.05) is 0 Å². The van der Waals surface area contributed by atoms with Gasteiger partial charge in [0.25, 0.3) is 0 Å². The molecule has 2 aromatic rings. The molecule has 0 amide bonds. The maximum Gasteiger partial charge on any atom is 0.139 e. The van der Waals surface area contributed by atoms with Gasteiger partial charge in [0.05, 0.1) is 0 Å². The standard InChI is InChI=1S/C14H11ClF2N2S/c15-11-5-8(14(18)19)1-2-9(11)7-20-13-4-3-10(16)6-12(13)17/h1-6H,7H2,(H3,18,19). The third-order valence-corrected chi connectivity index (χ3v) is 4.09. The minimum Gasteiger partial charge on any atom is -0.384 e. The van der Waals surface area contributed by atoms with Gasteiger partial charge in [0.2, 0.25) is 0 Å². The first kappa shape index (κ1) is 14.8. The third-order valence-electron chi connectivity index (χ3n) is 2.64. The highest BCUT2D eigenvalue weighted by atomic mass is 35.5. The van der Waals surface area contributed by atoms with E-state index < -0.39 is 11.6 Å². The average Bonchev–Trinajstić information content (AvgIpc) is 2.38. The van der Waals surface area contributed by atoms with Gasteiger partial charge in [-0.25, -0.2) is 8.78 Å². The number of hydrogen-bond acceptors (Lipinski definition) is 2. The van der Waals surface area contributed by atoms with Crippen molar-refractivity contribution in [1.82, 2.24) is 0 Å². The van der Waals surface area contributed by atoms with Gasteiger partial charge in [-0.1, -0.05) is 23.7 Å². The zero-order chi connectivity index (χ0) is 14.7. The summed E-state index contributed by atoms with van der Waals surface area (Å²) in [6, 6.07) is 8.49. The molecule has 0 bridgehead atoms. The summed E-state index contributed by atoms with van der Waals surface area (Å²) in [4.78, 5) is 0.359. The number of nitrogens with two attached hydrogens (primary N) is 1. The number of nitrogens with one attached hydrogen (secondary N) is 1. The largest absolute Gasteiger partial charge is 0.384 e. The van der Waals surface area contributed by atoms with E-state index in [0.29, 0.717) is 21.2 Å². The highest BCUT2D eigenvalue weighted by Gasteiger charge is 2.08. The Labute approximate surface area is 124 Å². The second-order valence-electron chi connectivity index (χ2n) is 4.08. The number of rotatable bonds is 4. The van der Waals surface area contributed by atoms with Crippen LogP contribution in [0, 0.1) is 17.0 Å². The van der Waals surface area contributed by atoms with Crippen LogP contribution in [-0.4, -0.2) is 5.84 Å². The van der Waals surface area contributed by atoms with Gasteiger partial charge in [-0.15, -0.1) is 11.8 Å². The van der Waals surface area contributed by atoms with Crippen LogP contribution < -0.4 is 5.73 Å². The van der Waals surface area contributed by atoms with E-state index in [1.54, 1.807) is 18.2 Å². The summed E-state index contributed by atoms with van der Waals surface area (Å²) in [6.07, 6.45) is 0. The second-order valence-corrected chi connectivity index (χ2v) is 5.51. The van der Waals surface area contributed by atoms with Gasteiger partial charge in [-0.2, -0.15) is 0 Å². The highest BCUT2D eigenvalue weighted by Crippen LogP contribution is 2.29. The summed E-state index contributed by atoms with van der Waals surface area (Å²) in [7, 11) is 0. The molecular formula is C14H11ClF2N2S. The molecule has 2 nitrogen and oxygen atoms in total. The Morgan fingerprint density at radius 1 is 1.20 bits per heavy atom. The molecule has 0 aliphatic heterocycles. The van der Waals surface area contributed by atoms with Crippen LogP contribution in [0.1, 0.15) is 11.1 Å². The molecule has 0 saturated heterocycles. The molecule has 0 fully saturated rings. The molecule has 0 saturated carbocycles. The molecule has 0 unspecified atom stereocenters. The van der Waals surface area contributed by atoms with E-state index in [0.717, 1.165) is 11.6 Å². The fraction of sp³-hybridized carbons (Fsp3) is 0.0714. The summed E-state index contributed by atoms with van der Waals surface area (Å²) < 4.78 is 26.3. The van der Waals surface area contributed by atoms with Crippen LogP contribution in [0.4, 0.5) is 8.78 Å². The maximum atomic E-state index is 13.5. The van der Waals surface area contributed by atoms with Gasteiger partial charge in [0.15, 0.2) is 0 Å². The molecule has 0 atom stereocenters. The molecule has 6 heteroatoms. The molecule has 2 aromatic carbocycles. The van der Waals surface area contributed by atoms with Crippen molar-refractivity contribution < 1.29 is 8.78 Å². The van der Waals surface area contributed by atoms with Crippen LogP contribution >= 0.6 is 23.4 Å². The quantitative estimate of drug-likeness (QED) is 0.505. The van der Waals surface area contributed by atoms with E-state index >= 15 is 0 Å². The van der Waals surface area contributed by atoms with E-state index in [1.165, 1.54) is 23.9 Å². The van der Waals surface area contributed by atoms with Crippen molar-refractivity contribution in [3.05, 3.63) is 64.2 Å². The minimum absolute atomic E-state index is 0.0596. The Hall–Kier alpha value is -1.59. The van der Waals surface area contributed by atoms with Gasteiger partial charge >= 0.3 is 0 Å². The number of amidine groups is 1. The number of nitrogen functional groups attached to an aromatic ring is 1. The predicted molar refractivity (Wildman–Crippen MR) is 78.4 cm³/mol. The summed E-state index contributed by atoms with van der Waals surface area (Å²) in [5.74, 6) is -0.808. The highest BCUT2D eigenvalue weighted by molar-refractivity contribution is 7.98. The smallest absolute Gasteiger partial charge is 0.139 e. The Balaban J connectivity index is 2.13. The second kappa shape index (κ2) is 6.24. The molecule has 0 radical (unpaired) electrons. The van der Waals surface area contributed by atoms with Crippen LogP contribution in [0.2, 0.25) is 5.02 Å². The number of hydrogen-bond donors (Lipinski definition) is 2. The van der Waals surface area contributed by atoms with Gasteiger partial charge in [0, 0.05) is 27.3 Å². The summed E-state index contributed by atoms with van der Waals surface area (Å²) >= 11 is 7.31. The van der Waals surface area contributed by atoms with E-state index in [9.17, 15) is 8.78 Å². The molecule has 0 spiro atoms. The van der Waals surface area contributed by atoms with E-state index in [-0.39, 0.29) is 5.84 Å². The lowest BCUT2D eigenvalue weighted by molar-refractivity contribution is 0.565. The molecule has 3 N–H and O–H groups in total. The average molecular weight is 313 g/mol. The lowest BCUT2D eigenvalue weighted by atomic mass is 10.1. The predicted octanol–water partition coefficient (Wildman–Crippen LogP) is 4.19. The topological polar surface area (TPSA) is 49.9 Å². The van der Waals surface area contributed by atoms with Crippen molar-refractivity contribution in [3.63, 3.8) is 0 Å². The van der Waals surface area contributed by atoms with Crippen LogP contribution in [0.5, 0.6) is 0 Å². The van der Waals surface area contributed by atoms with Gasteiger partial charge in [-0.3, -0.25) is 5.41 Å². The molecule has 0 heterocycles. The maximum absolute atomic E-state index is 13.5. The Morgan fingerprint density at radius 2 is 1.95 bits per heavy atom. The lowest BCUT2D eigenvalue weighted by Gasteiger charge is -2.07. The third kappa shape index (κ3) is 3.49. The first-order valence-electron chi connectivity index (χ1n) is 5.68. The SMILES string of the molecule is N=C(N)c1ccc(CSc2ccc(F)cc2F)c(Cl)c1. The monoisotopic (exact) mass is 312 g/mol. The number of thioether (sulfide) groups is 1. The molecule has 20 heavy (non-hydrogen) atoms. The van der Waals surface area contributed by atoms with E-state index in [2.05, 4.69) is 0 Å². The lowest BCUT2D eigenvalue weighted by Crippen LogP contribution is -2.10. The van der Waals surface area contributed by atoms with Crippen molar-refractivity contribution in [1.29, 1.82) is 5.41 Å². The van der Waals surface area contributed by atoms with Gasteiger partial charge in [-0.05, 0) is 23.8 Å². The molecule has 0 aliphatic carbocycles. The van der Waals surface area contributed by atoms with E-state index in [4.69, 9.17) is 22.7 Å². The summed E-state index contributed by atoms with van der Waals surface area (Å²) in [6.45, 7) is 0. The molecule has 104 valence electrons. The van der Waals surface area contributed by atoms with Crippen molar-refractivity contribution in [2.75, 3.05) is 0 Å². The fourth-order valence-electron chi connectivity index (χ4n) is 1.58. The van der Waals surface area contributed by atoms with Crippen molar-refractivity contribution in [2.24, 2.45) is 5.73 Å². The van der Waals surface area contributed by atoms with Crippen molar-refractivity contribution in [2.45, 2.75) is 10.6 Å². The Kier molecular flexibility index (Phi) is 4.62. The normalized spacial score (nSPS) is 10.6. The summed E-state index contributed by atoms with van der Waals surface area (Å²) in [5, 5.41) is 7.78. The Bertz CT molecular complexity index is 662.